The van der Waals surface area contributed by atoms with Gasteiger partial charge < -0.3 is 19.5 Å². The second-order valence-electron chi connectivity index (χ2n) is 8.34. The van der Waals surface area contributed by atoms with Gasteiger partial charge in [-0.1, -0.05) is 54.1 Å². The van der Waals surface area contributed by atoms with Crippen LogP contribution in [-0.4, -0.2) is 42.0 Å². The van der Waals surface area contributed by atoms with Gasteiger partial charge in [0, 0.05) is 19.2 Å². The number of aliphatic hydroxyl groups excluding tert-OH is 1. The van der Waals surface area contributed by atoms with Crippen LogP contribution in [0.2, 0.25) is 0 Å². The molecule has 3 aromatic rings. The highest BCUT2D eigenvalue weighted by Crippen LogP contribution is 2.40. The van der Waals surface area contributed by atoms with Gasteiger partial charge in [0.25, 0.3) is 11.7 Å². The van der Waals surface area contributed by atoms with Gasteiger partial charge in [-0.15, -0.1) is 0 Å². The molecule has 4 rings (SSSR count). The predicted octanol–water partition coefficient (Wildman–Crippen LogP) is 4.78. The normalized spacial score (nSPS) is 17.1. The first kappa shape index (κ1) is 24.2. The summed E-state index contributed by atoms with van der Waals surface area (Å²) in [6.45, 7) is 2.55. The van der Waals surface area contributed by atoms with Crippen LogP contribution in [0, 0.1) is 12.7 Å². The lowest BCUT2D eigenvalue weighted by Gasteiger charge is -2.25. The number of amides is 1. The van der Waals surface area contributed by atoms with Gasteiger partial charge in [0.15, 0.2) is 0 Å². The molecular weight excluding hydrogens is 449 g/mol. The van der Waals surface area contributed by atoms with Gasteiger partial charge in [-0.3, -0.25) is 9.59 Å². The largest absolute Gasteiger partial charge is 0.507 e. The highest BCUT2D eigenvalue weighted by Gasteiger charge is 2.46. The molecular formula is C28H26FNO5. The number of benzene rings is 3. The van der Waals surface area contributed by atoms with Crippen molar-refractivity contribution < 1.29 is 28.6 Å². The molecule has 1 fully saturated rings. The molecule has 1 heterocycles. The Hall–Kier alpha value is -3.97. The summed E-state index contributed by atoms with van der Waals surface area (Å²) in [6, 6.07) is 19.3. The molecule has 7 heteroatoms. The van der Waals surface area contributed by atoms with Crippen LogP contribution in [0.4, 0.5) is 4.39 Å². The predicted molar refractivity (Wildman–Crippen MR) is 129 cm³/mol. The number of aryl methyl sites for hydroxylation is 1. The minimum absolute atomic E-state index is 0.0191. The van der Waals surface area contributed by atoms with E-state index in [-0.39, 0.29) is 36.9 Å². The number of methoxy groups -OCH3 is 1. The second-order valence-corrected chi connectivity index (χ2v) is 8.34. The molecule has 1 unspecified atom stereocenters. The fourth-order valence-corrected chi connectivity index (χ4v) is 4.04. The zero-order valence-corrected chi connectivity index (χ0v) is 19.5. The summed E-state index contributed by atoms with van der Waals surface area (Å²) >= 11 is 0. The van der Waals surface area contributed by atoms with Crippen LogP contribution in [0.25, 0.3) is 5.76 Å². The van der Waals surface area contributed by atoms with Crippen LogP contribution in [0.3, 0.4) is 0 Å². The zero-order chi connectivity index (χ0) is 24.9. The van der Waals surface area contributed by atoms with Gasteiger partial charge in [0.1, 0.15) is 23.9 Å². The average Bonchev–Trinajstić information content (AvgIpc) is 3.12. The second kappa shape index (κ2) is 10.5. The lowest BCUT2D eigenvalue weighted by Crippen LogP contribution is -2.32. The molecule has 0 aromatic heterocycles. The molecule has 3 aromatic carbocycles. The number of hydrogen-bond donors (Lipinski definition) is 1. The first-order valence-corrected chi connectivity index (χ1v) is 11.2. The van der Waals surface area contributed by atoms with Gasteiger partial charge in [0.05, 0.1) is 18.2 Å². The van der Waals surface area contributed by atoms with Crippen molar-refractivity contribution in [3.05, 3.63) is 106 Å². The van der Waals surface area contributed by atoms with E-state index in [9.17, 15) is 19.1 Å². The Morgan fingerprint density at radius 1 is 1.03 bits per heavy atom. The summed E-state index contributed by atoms with van der Waals surface area (Å²) in [7, 11) is 1.52. The molecule has 1 aliphatic heterocycles. The highest BCUT2D eigenvalue weighted by atomic mass is 19.1. The third kappa shape index (κ3) is 5.25. The van der Waals surface area contributed by atoms with E-state index in [1.807, 2.05) is 19.1 Å². The third-order valence-corrected chi connectivity index (χ3v) is 5.89. The van der Waals surface area contributed by atoms with Gasteiger partial charge in [0.2, 0.25) is 0 Å². The van der Waals surface area contributed by atoms with E-state index < -0.39 is 17.7 Å². The minimum atomic E-state index is -0.805. The molecule has 1 N–H and O–H groups in total. The number of halogens is 1. The molecule has 180 valence electrons. The first-order chi connectivity index (χ1) is 16.9. The monoisotopic (exact) mass is 475 g/mol. The van der Waals surface area contributed by atoms with Gasteiger partial charge in [-0.05, 0) is 42.3 Å². The van der Waals surface area contributed by atoms with Crippen molar-refractivity contribution >= 4 is 17.4 Å². The lowest BCUT2D eigenvalue weighted by atomic mass is 9.95. The Balaban J connectivity index is 1.71. The van der Waals surface area contributed by atoms with Crippen molar-refractivity contribution in [1.29, 1.82) is 0 Å². The standard InChI is InChI=1S/C28H26FNO5/c1-18-6-10-20(11-7-18)26(31)24-25(30(14-15-34-2)28(33)27(24)32)21-4-3-5-23(16-21)35-17-19-8-12-22(29)13-9-19/h3-13,16,25,31H,14-15,17H2,1-2H3/b26-24-. The Morgan fingerprint density at radius 2 is 1.74 bits per heavy atom. The fraction of sp³-hybridized carbons (Fsp3) is 0.214. The van der Waals surface area contributed by atoms with Crippen LogP contribution in [0.15, 0.2) is 78.4 Å². The molecule has 0 spiro atoms. The molecule has 0 aliphatic carbocycles. The number of Topliss-reactive ketones (excluding diaryl/α,β-unsaturated/α-hetero) is 1. The van der Waals surface area contributed by atoms with Crippen molar-refractivity contribution in [3.8, 4) is 5.75 Å². The molecule has 1 amide bonds. The van der Waals surface area contributed by atoms with Crippen LogP contribution in [0.5, 0.6) is 5.75 Å². The Morgan fingerprint density at radius 3 is 2.43 bits per heavy atom. The van der Waals surface area contributed by atoms with Crippen LogP contribution >= 0.6 is 0 Å². The van der Waals surface area contributed by atoms with Gasteiger partial charge in [-0.25, -0.2) is 4.39 Å². The van der Waals surface area contributed by atoms with Crippen molar-refractivity contribution in [2.24, 2.45) is 0 Å². The molecule has 1 atom stereocenters. The van der Waals surface area contributed by atoms with E-state index in [0.29, 0.717) is 16.9 Å². The number of carbonyl (C=O) groups is 2. The summed E-state index contributed by atoms with van der Waals surface area (Å²) < 4.78 is 24.2. The Kier molecular flexibility index (Phi) is 7.27. The number of likely N-dealkylation sites (tertiary alicyclic amines) is 1. The molecule has 35 heavy (non-hydrogen) atoms. The van der Waals surface area contributed by atoms with Crippen LogP contribution in [0.1, 0.15) is 28.3 Å². The number of ether oxygens (including phenoxy) is 2. The number of nitrogens with zero attached hydrogens (tertiary/aromatic N) is 1. The van der Waals surface area contributed by atoms with E-state index in [4.69, 9.17) is 9.47 Å². The third-order valence-electron chi connectivity index (χ3n) is 5.89. The van der Waals surface area contributed by atoms with Crippen LogP contribution in [-0.2, 0) is 20.9 Å². The Bertz CT molecular complexity index is 1250. The minimum Gasteiger partial charge on any atom is -0.507 e. The summed E-state index contributed by atoms with van der Waals surface area (Å²) in [4.78, 5) is 27.4. The summed E-state index contributed by atoms with van der Waals surface area (Å²) in [6.07, 6.45) is 0. The number of rotatable bonds is 8. The smallest absolute Gasteiger partial charge is 0.295 e. The van der Waals surface area contributed by atoms with Crippen molar-refractivity contribution in [3.63, 3.8) is 0 Å². The number of aliphatic hydroxyl groups is 1. The molecule has 1 aliphatic rings. The zero-order valence-electron chi connectivity index (χ0n) is 19.5. The maximum atomic E-state index is 13.2. The number of hydrogen-bond acceptors (Lipinski definition) is 5. The molecule has 0 saturated carbocycles. The summed E-state index contributed by atoms with van der Waals surface area (Å²) in [5.74, 6) is -1.49. The number of ketones is 1. The fourth-order valence-electron chi connectivity index (χ4n) is 4.04. The van der Waals surface area contributed by atoms with Crippen molar-refractivity contribution in [2.75, 3.05) is 20.3 Å². The van der Waals surface area contributed by atoms with Gasteiger partial charge in [-0.2, -0.15) is 0 Å². The van der Waals surface area contributed by atoms with E-state index in [1.54, 1.807) is 48.5 Å². The first-order valence-electron chi connectivity index (χ1n) is 11.2. The van der Waals surface area contributed by atoms with Crippen molar-refractivity contribution in [2.45, 2.75) is 19.6 Å². The molecule has 6 nitrogen and oxygen atoms in total. The van der Waals surface area contributed by atoms with Crippen LogP contribution < -0.4 is 4.74 Å². The van der Waals surface area contributed by atoms with E-state index in [1.165, 1.54) is 24.1 Å². The summed E-state index contributed by atoms with van der Waals surface area (Å²) in [5, 5.41) is 11.1. The topological polar surface area (TPSA) is 76.1 Å². The van der Waals surface area contributed by atoms with E-state index in [2.05, 4.69) is 0 Å². The molecule has 1 saturated heterocycles. The molecule has 0 bridgehead atoms. The average molecular weight is 476 g/mol. The maximum absolute atomic E-state index is 13.2. The Labute approximate surface area is 203 Å². The van der Waals surface area contributed by atoms with E-state index in [0.717, 1.165) is 11.1 Å². The SMILES string of the molecule is COCCN1C(=O)C(=O)/C(=C(\O)c2ccc(C)cc2)C1c1cccc(OCc2ccc(F)cc2)c1. The summed E-state index contributed by atoms with van der Waals surface area (Å²) in [5.41, 5.74) is 2.89. The maximum Gasteiger partial charge on any atom is 0.295 e. The van der Waals surface area contributed by atoms with E-state index >= 15 is 0 Å². The highest BCUT2D eigenvalue weighted by molar-refractivity contribution is 6.46. The lowest BCUT2D eigenvalue weighted by molar-refractivity contribution is -0.140. The quantitative estimate of drug-likeness (QED) is 0.288. The van der Waals surface area contributed by atoms with Gasteiger partial charge >= 0.3 is 0 Å². The number of carbonyl (C=O) groups excluding carboxylic acids is 2. The van der Waals surface area contributed by atoms with Crippen molar-refractivity contribution in [1.82, 2.24) is 4.90 Å². The molecule has 0 radical (unpaired) electrons.